The second kappa shape index (κ2) is 6.51. The second-order valence-electron chi connectivity index (χ2n) is 6.48. The number of nitrogens with one attached hydrogen (secondary N) is 1. The van der Waals surface area contributed by atoms with Crippen LogP contribution in [-0.2, 0) is 0 Å². The number of benzene rings is 1. The zero-order chi connectivity index (χ0) is 18.3. The van der Waals surface area contributed by atoms with E-state index in [0.717, 1.165) is 37.8 Å². The van der Waals surface area contributed by atoms with Crippen LogP contribution < -0.4 is 10.1 Å². The molecule has 136 valence electrons. The predicted octanol–water partition coefficient (Wildman–Crippen LogP) is 3.74. The summed E-state index contributed by atoms with van der Waals surface area (Å²) in [5.74, 6) is -0.346. The summed E-state index contributed by atoms with van der Waals surface area (Å²) in [5, 5.41) is 7.67. The SMILES string of the molecule is COc1cc(F)c(-c2c(C)nc3ncnn3c2NC2CCCC2)cc1F. The number of nitrogens with zero attached hydrogens (tertiary/aromatic N) is 4. The van der Waals surface area contributed by atoms with Gasteiger partial charge in [0.25, 0.3) is 5.78 Å². The lowest BCUT2D eigenvalue weighted by Gasteiger charge is -2.20. The van der Waals surface area contributed by atoms with Gasteiger partial charge in [0, 0.05) is 23.2 Å². The number of aromatic nitrogens is 4. The summed E-state index contributed by atoms with van der Waals surface area (Å²) < 4.78 is 35.4. The van der Waals surface area contributed by atoms with Gasteiger partial charge in [-0.25, -0.2) is 13.8 Å². The van der Waals surface area contributed by atoms with Gasteiger partial charge in [-0.05, 0) is 25.8 Å². The lowest BCUT2D eigenvalue weighted by molar-refractivity contribution is 0.383. The summed E-state index contributed by atoms with van der Waals surface area (Å²) in [7, 11) is 1.30. The summed E-state index contributed by atoms with van der Waals surface area (Å²) >= 11 is 0. The van der Waals surface area contributed by atoms with Crippen LogP contribution in [0, 0.1) is 18.6 Å². The number of anilines is 1. The minimum Gasteiger partial charge on any atom is -0.494 e. The maximum absolute atomic E-state index is 14.8. The highest BCUT2D eigenvalue weighted by atomic mass is 19.1. The van der Waals surface area contributed by atoms with Crippen LogP contribution in [0.1, 0.15) is 31.4 Å². The molecule has 0 amide bonds. The maximum Gasteiger partial charge on any atom is 0.254 e. The van der Waals surface area contributed by atoms with Crippen LogP contribution in [-0.4, -0.2) is 32.7 Å². The quantitative estimate of drug-likeness (QED) is 0.769. The largest absolute Gasteiger partial charge is 0.494 e. The summed E-state index contributed by atoms with van der Waals surface area (Å²) in [4.78, 5) is 8.52. The molecule has 1 aromatic carbocycles. The third kappa shape index (κ3) is 2.75. The number of methoxy groups -OCH3 is 1. The fourth-order valence-corrected chi connectivity index (χ4v) is 3.55. The average Bonchev–Trinajstić information content (AvgIpc) is 3.28. The molecule has 2 aromatic heterocycles. The Balaban J connectivity index is 1.93. The normalized spacial score (nSPS) is 14.9. The van der Waals surface area contributed by atoms with E-state index in [0.29, 0.717) is 22.9 Å². The van der Waals surface area contributed by atoms with Crippen molar-refractivity contribution in [1.29, 1.82) is 0 Å². The molecule has 6 nitrogen and oxygen atoms in total. The number of aryl methyl sites for hydroxylation is 1. The molecule has 0 atom stereocenters. The van der Waals surface area contributed by atoms with Crippen molar-refractivity contribution < 1.29 is 13.5 Å². The minimum absolute atomic E-state index is 0.117. The van der Waals surface area contributed by atoms with Crippen molar-refractivity contribution in [3.8, 4) is 16.9 Å². The van der Waals surface area contributed by atoms with Crippen molar-refractivity contribution in [3.05, 3.63) is 35.8 Å². The predicted molar refractivity (Wildman–Crippen MR) is 93.3 cm³/mol. The van der Waals surface area contributed by atoms with Crippen LogP contribution in [0.3, 0.4) is 0 Å². The number of hydrogen-bond donors (Lipinski definition) is 1. The first-order chi connectivity index (χ1) is 12.6. The third-order valence-corrected chi connectivity index (χ3v) is 4.81. The number of fused-ring (bicyclic) bond motifs is 1. The van der Waals surface area contributed by atoms with Gasteiger partial charge in [-0.1, -0.05) is 12.8 Å². The summed E-state index contributed by atoms with van der Waals surface area (Å²) in [6.07, 6.45) is 5.73. The van der Waals surface area contributed by atoms with Gasteiger partial charge in [-0.2, -0.15) is 14.6 Å². The Bertz CT molecular complexity index is 966. The van der Waals surface area contributed by atoms with Crippen LogP contribution in [0.5, 0.6) is 5.75 Å². The molecule has 8 heteroatoms. The molecule has 1 aliphatic rings. The van der Waals surface area contributed by atoms with Gasteiger partial charge in [0.2, 0.25) is 0 Å². The van der Waals surface area contributed by atoms with Crippen molar-refractivity contribution in [2.24, 2.45) is 0 Å². The first-order valence-corrected chi connectivity index (χ1v) is 8.58. The van der Waals surface area contributed by atoms with Gasteiger partial charge < -0.3 is 10.1 Å². The molecular formula is C18H19F2N5O. The Labute approximate surface area is 149 Å². The molecule has 1 fully saturated rings. The van der Waals surface area contributed by atoms with E-state index < -0.39 is 11.6 Å². The number of ether oxygens (including phenoxy) is 1. The molecule has 0 bridgehead atoms. The van der Waals surface area contributed by atoms with Gasteiger partial charge in [0.1, 0.15) is 18.0 Å². The molecule has 4 rings (SSSR count). The molecule has 1 N–H and O–H groups in total. The Morgan fingerprint density at radius 3 is 2.69 bits per heavy atom. The Kier molecular flexibility index (Phi) is 4.18. The summed E-state index contributed by atoms with van der Waals surface area (Å²) in [6, 6.07) is 2.45. The number of rotatable bonds is 4. The van der Waals surface area contributed by atoms with Crippen molar-refractivity contribution in [2.45, 2.75) is 38.6 Å². The van der Waals surface area contributed by atoms with E-state index in [1.54, 1.807) is 11.4 Å². The Morgan fingerprint density at radius 1 is 1.19 bits per heavy atom. The zero-order valence-corrected chi connectivity index (χ0v) is 14.6. The second-order valence-corrected chi connectivity index (χ2v) is 6.48. The molecule has 1 saturated carbocycles. The summed E-state index contributed by atoms with van der Waals surface area (Å²) in [5.41, 5.74) is 1.15. The first-order valence-electron chi connectivity index (χ1n) is 8.58. The van der Waals surface area contributed by atoms with Gasteiger partial charge in [-0.3, -0.25) is 0 Å². The van der Waals surface area contributed by atoms with Crippen molar-refractivity contribution in [3.63, 3.8) is 0 Å². The van der Waals surface area contributed by atoms with Gasteiger partial charge in [-0.15, -0.1) is 0 Å². The molecule has 0 unspecified atom stereocenters. The van der Waals surface area contributed by atoms with Crippen molar-refractivity contribution in [2.75, 3.05) is 12.4 Å². The van der Waals surface area contributed by atoms with Crippen LogP contribution in [0.4, 0.5) is 14.6 Å². The van der Waals surface area contributed by atoms with Crippen molar-refractivity contribution >= 4 is 11.6 Å². The van der Waals surface area contributed by atoms with Crippen molar-refractivity contribution in [1.82, 2.24) is 19.6 Å². The van der Waals surface area contributed by atoms with Crippen LogP contribution in [0.15, 0.2) is 18.5 Å². The van der Waals surface area contributed by atoms with E-state index in [1.807, 2.05) is 0 Å². The van der Waals surface area contributed by atoms with E-state index in [2.05, 4.69) is 20.4 Å². The highest BCUT2D eigenvalue weighted by molar-refractivity contribution is 5.79. The number of halogens is 2. The zero-order valence-electron chi connectivity index (χ0n) is 14.6. The maximum atomic E-state index is 14.8. The fourth-order valence-electron chi connectivity index (χ4n) is 3.55. The molecule has 0 saturated heterocycles. The molecule has 2 heterocycles. The van der Waals surface area contributed by atoms with E-state index in [9.17, 15) is 8.78 Å². The lowest BCUT2D eigenvalue weighted by atomic mass is 10.0. The number of hydrogen-bond acceptors (Lipinski definition) is 5. The smallest absolute Gasteiger partial charge is 0.254 e. The van der Waals surface area contributed by atoms with Gasteiger partial charge in [0.15, 0.2) is 11.6 Å². The first kappa shape index (κ1) is 16.7. The molecule has 0 radical (unpaired) electrons. The molecule has 1 aliphatic carbocycles. The molecule has 26 heavy (non-hydrogen) atoms. The monoisotopic (exact) mass is 359 g/mol. The minimum atomic E-state index is -0.631. The Morgan fingerprint density at radius 2 is 1.96 bits per heavy atom. The molecule has 3 aromatic rings. The third-order valence-electron chi connectivity index (χ3n) is 4.81. The Hall–Kier alpha value is -2.77. The van der Waals surface area contributed by atoms with Gasteiger partial charge in [0.05, 0.1) is 12.8 Å². The standard InChI is InChI=1S/C18H19F2N5O/c1-10-16(12-7-14(20)15(26-2)8-13(12)19)17(24-11-5-3-4-6-11)25-18(23-10)21-9-22-25/h7-9,11,24H,3-6H2,1-2H3. The lowest BCUT2D eigenvalue weighted by Crippen LogP contribution is -2.19. The van der Waals surface area contributed by atoms with Crippen LogP contribution >= 0.6 is 0 Å². The average molecular weight is 359 g/mol. The molecule has 0 aliphatic heterocycles. The topological polar surface area (TPSA) is 64.3 Å². The van der Waals surface area contributed by atoms with Gasteiger partial charge >= 0.3 is 0 Å². The van der Waals surface area contributed by atoms with Crippen LogP contribution in [0.25, 0.3) is 16.9 Å². The summed E-state index contributed by atoms with van der Waals surface area (Å²) in [6.45, 7) is 1.76. The molecule has 0 spiro atoms. The van der Waals surface area contributed by atoms with E-state index in [-0.39, 0.29) is 17.4 Å². The van der Waals surface area contributed by atoms with Crippen LogP contribution in [0.2, 0.25) is 0 Å². The van der Waals surface area contributed by atoms with E-state index in [4.69, 9.17) is 4.74 Å². The highest BCUT2D eigenvalue weighted by Crippen LogP contribution is 2.36. The van der Waals surface area contributed by atoms with E-state index >= 15 is 0 Å². The highest BCUT2D eigenvalue weighted by Gasteiger charge is 2.24. The molecular weight excluding hydrogens is 340 g/mol. The van der Waals surface area contributed by atoms with E-state index in [1.165, 1.54) is 13.4 Å². The fraction of sp³-hybridized carbons (Fsp3) is 0.389.